The summed E-state index contributed by atoms with van der Waals surface area (Å²) in [6, 6.07) is 9.52. The topological polar surface area (TPSA) is 59.8 Å². The summed E-state index contributed by atoms with van der Waals surface area (Å²) in [5.74, 6) is -11.9. The number of rotatable bonds is 4. The Kier molecular flexibility index (Phi) is 5.37. The lowest BCUT2D eigenvalue weighted by Gasteiger charge is -2.10. The molecule has 2 heterocycles. The molecule has 0 aliphatic rings. The van der Waals surface area contributed by atoms with Crippen molar-refractivity contribution in [3.05, 3.63) is 76.9 Å². The number of benzene rings is 2. The maximum atomic E-state index is 13.9. The van der Waals surface area contributed by atoms with Crippen molar-refractivity contribution in [3.8, 4) is 11.1 Å². The fourth-order valence-corrected chi connectivity index (χ4v) is 3.47. The first kappa shape index (κ1) is 21.4. The summed E-state index contributed by atoms with van der Waals surface area (Å²) in [6.45, 7) is 3.10. The largest absolute Gasteiger partial charge is 0.319 e. The highest BCUT2D eigenvalue weighted by atomic mass is 19.2. The monoisotopic (exact) mass is 446 g/mol. The van der Waals surface area contributed by atoms with Crippen LogP contribution in [0.25, 0.3) is 22.2 Å². The van der Waals surface area contributed by atoms with Crippen molar-refractivity contribution in [1.29, 1.82) is 0 Å². The van der Waals surface area contributed by atoms with Crippen molar-refractivity contribution in [2.75, 3.05) is 5.32 Å². The average Bonchev–Trinajstić information content (AvgIpc) is 3.09. The quantitative estimate of drug-likeness (QED) is 0.271. The summed E-state index contributed by atoms with van der Waals surface area (Å²) < 4.78 is 68.9. The number of fused-ring (bicyclic) bond motifs is 1. The molecule has 4 rings (SSSR count). The number of carbonyl (C=O) groups is 1. The van der Waals surface area contributed by atoms with Crippen LogP contribution in [0.1, 0.15) is 11.3 Å². The second-order valence-electron chi connectivity index (χ2n) is 7.16. The number of aromatic nitrogens is 3. The molecule has 0 atom stereocenters. The number of anilines is 1. The molecule has 0 saturated carbocycles. The minimum atomic E-state index is -2.31. The lowest BCUT2D eigenvalue weighted by atomic mass is 10.0. The number of nitrogens with zero attached hydrogens (tertiary/aromatic N) is 3. The van der Waals surface area contributed by atoms with E-state index in [0.29, 0.717) is 16.7 Å². The molecule has 2 aromatic carbocycles. The molecule has 32 heavy (non-hydrogen) atoms. The van der Waals surface area contributed by atoms with Crippen molar-refractivity contribution < 1.29 is 26.7 Å². The Morgan fingerprint density at radius 3 is 2.28 bits per heavy atom. The average molecular weight is 446 g/mol. The van der Waals surface area contributed by atoms with Crippen LogP contribution < -0.4 is 5.32 Å². The molecule has 2 aromatic heterocycles. The summed E-state index contributed by atoms with van der Waals surface area (Å²) in [5, 5.41) is 6.68. The number of halogens is 5. The molecule has 0 fully saturated rings. The minimum absolute atomic E-state index is 0.328. The van der Waals surface area contributed by atoms with Gasteiger partial charge in [0.15, 0.2) is 28.9 Å². The van der Waals surface area contributed by atoms with E-state index in [9.17, 15) is 26.7 Å². The van der Waals surface area contributed by atoms with Crippen molar-refractivity contribution in [2.45, 2.75) is 20.4 Å². The summed E-state index contributed by atoms with van der Waals surface area (Å²) in [5.41, 5.74) is 2.23. The molecular formula is C22H15F5N4O. The fraction of sp³-hybridized carbons (Fsp3) is 0.136. The van der Waals surface area contributed by atoms with Gasteiger partial charge in [-0.15, -0.1) is 0 Å². The first-order valence-corrected chi connectivity index (χ1v) is 9.39. The zero-order chi connectivity index (χ0) is 23.2. The second-order valence-corrected chi connectivity index (χ2v) is 7.16. The van der Waals surface area contributed by atoms with Crippen LogP contribution in [-0.4, -0.2) is 20.7 Å². The summed E-state index contributed by atoms with van der Waals surface area (Å²) in [7, 11) is 0. The van der Waals surface area contributed by atoms with E-state index in [1.54, 1.807) is 18.3 Å². The van der Waals surface area contributed by atoms with Crippen LogP contribution in [0.5, 0.6) is 0 Å². The van der Waals surface area contributed by atoms with Crippen LogP contribution in [0.15, 0.2) is 36.5 Å². The molecule has 0 bridgehead atoms. The van der Waals surface area contributed by atoms with E-state index in [0.717, 1.165) is 16.7 Å². The first-order valence-electron chi connectivity index (χ1n) is 9.39. The van der Waals surface area contributed by atoms with Gasteiger partial charge in [-0.1, -0.05) is 29.8 Å². The maximum absolute atomic E-state index is 13.9. The zero-order valence-electron chi connectivity index (χ0n) is 16.8. The zero-order valence-corrected chi connectivity index (χ0v) is 16.8. The summed E-state index contributed by atoms with van der Waals surface area (Å²) in [4.78, 5) is 16.6. The molecular weight excluding hydrogens is 431 g/mol. The predicted molar refractivity (Wildman–Crippen MR) is 107 cm³/mol. The van der Waals surface area contributed by atoms with Crippen LogP contribution >= 0.6 is 0 Å². The van der Waals surface area contributed by atoms with Gasteiger partial charge in [-0.25, -0.2) is 31.6 Å². The molecule has 1 N–H and O–H groups in total. The Labute approximate surface area is 178 Å². The van der Waals surface area contributed by atoms with E-state index in [4.69, 9.17) is 0 Å². The molecule has 0 aliphatic carbocycles. The maximum Gasteiger partial charge on any atom is 0.246 e. The van der Waals surface area contributed by atoms with Gasteiger partial charge in [0, 0.05) is 11.6 Å². The van der Waals surface area contributed by atoms with E-state index in [1.807, 2.05) is 31.2 Å². The van der Waals surface area contributed by atoms with Crippen LogP contribution in [0.3, 0.4) is 0 Å². The molecule has 0 spiro atoms. The van der Waals surface area contributed by atoms with Crippen LogP contribution in [0.2, 0.25) is 0 Å². The van der Waals surface area contributed by atoms with Gasteiger partial charge in [-0.2, -0.15) is 5.10 Å². The van der Waals surface area contributed by atoms with E-state index < -0.39 is 47.2 Å². The molecule has 5 nitrogen and oxygen atoms in total. The normalized spacial score (nSPS) is 11.2. The van der Waals surface area contributed by atoms with Gasteiger partial charge < -0.3 is 5.32 Å². The summed E-state index contributed by atoms with van der Waals surface area (Å²) >= 11 is 0. The minimum Gasteiger partial charge on any atom is -0.319 e. The molecule has 4 aromatic rings. The molecule has 164 valence electrons. The highest BCUT2D eigenvalue weighted by molar-refractivity contribution is 5.96. The number of aryl methyl sites for hydroxylation is 2. The van der Waals surface area contributed by atoms with Gasteiger partial charge in [0.25, 0.3) is 0 Å². The Hall–Kier alpha value is -3.82. The standard InChI is InChI=1S/C22H15F5N4O/c1-10-4-3-5-12(8-10)13-6-7-28-22-15(13)11(2)30-31(22)9-14(32)29-21-19(26)17(24)16(23)18(25)20(21)27/h3-8H,9H2,1-2H3,(H,29,32). The van der Waals surface area contributed by atoms with Gasteiger partial charge in [-0.05, 0) is 31.0 Å². The molecule has 0 radical (unpaired) electrons. The van der Waals surface area contributed by atoms with Gasteiger partial charge in [-0.3, -0.25) is 4.79 Å². The number of pyridine rings is 1. The van der Waals surface area contributed by atoms with Crippen molar-refractivity contribution in [1.82, 2.24) is 14.8 Å². The highest BCUT2D eigenvalue weighted by Crippen LogP contribution is 2.31. The Morgan fingerprint density at radius 2 is 1.62 bits per heavy atom. The third-order valence-corrected chi connectivity index (χ3v) is 4.90. The lowest BCUT2D eigenvalue weighted by Crippen LogP contribution is -2.22. The molecule has 1 amide bonds. The van der Waals surface area contributed by atoms with E-state index >= 15 is 0 Å². The number of hydrogen-bond donors (Lipinski definition) is 1. The number of carbonyl (C=O) groups excluding carboxylic acids is 1. The Morgan fingerprint density at radius 1 is 0.969 bits per heavy atom. The van der Waals surface area contributed by atoms with Gasteiger partial charge in [0.1, 0.15) is 12.2 Å². The van der Waals surface area contributed by atoms with E-state index in [-0.39, 0.29) is 0 Å². The Balaban J connectivity index is 1.69. The van der Waals surface area contributed by atoms with Crippen LogP contribution in [0, 0.1) is 42.9 Å². The van der Waals surface area contributed by atoms with Crippen molar-refractivity contribution in [2.24, 2.45) is 0 Å². The van der Waals surface area contributed by atoms with Crippen molar-refractivity contribution >= 4 is 22.6 Å². The number of nitrogens with one attached hydrogen (secondary N) is 1. The van der Waals surface area contributed by atoms with Crippen LogP contribution in [-0.2, 0) is 11.3 Å². The predicted octanol–water partition coefficient (Wildman–Crippen LogP) is 5.05. The molecule has 10 heteroatoms. The lowest BCUT2D eigenvalue weighted by molar-refractivity contribution is -0.116. The first-order chi connectivity index (χ1) is 15.2. The van der Waals surface area contributed by atoms with E-state index in [1.165, 1.54) is 10.9 Å². The van der Waals surface area contributed by atoms with Crippen molar-refractivity contribution in [3.63, 3.8) is 0 Å². The number of hydrogen-bond acceptors (Lipinski definition) is 3. The summed E-state index contributed by atoms with van der Waals surface area (Å²) in [6.07, 6.45) is 1.53. The molecule has 0 unspecified atom stereocenters. The van der Waals surface area contributed by atoms with Crippen LogP contribution in [0.4, 0.5) is 27.6 Å². The second kappa shape index (κ2) is 8.03. The number of amides is 1. The molecule has 0 aliphatic heterocycles. The van der Waals surface area contributed by atoms with Gasteiger partial charge >= 0.3 is 0 Å². The SMILES string of the molecule is Cc1cccc(-c2ccnc3c2c(C)nn3CC(=O)Nc2c(F)c(F)c(F)c(F)c2F)c1. The highest BCUT2D eigenvalue weighted by Gasteiger charge is 2.27. The Bertz CT molecular complexity index is 1350. The molecule has 0 saturated heterocycles. The smallest absolute Gasteiger partial charge is 0.246 e. The third-order valence-electron chi connectivity index (χ3n) is 4.90. The third kappa shape index (κ3) is 3.57. The van der Waals surface area contributed by atoms with Gasteiger partial charge in [0.2, 0.25) is 11.7 Å². The van der Waals surface area contributed by atoms with Gasteiger partial charge in [0.05, 0.1) is 5.69 Å². The fourth-order valence-electron chi connectivity index (χ4n) is 3.47. The van der Waals surface area contributed by atoms with E-state index in [2.05, 4.69) is 10.1 Å².